The van der Waals surface area contributed by atoms with E-state index in [4.69, 9.17) is 4.74 Å². The first kappa shape index (κ1) is 18.8. The highest BCUT2D eigenvalue weighted by Gasteiger charge is 2.12. The second-order valence-electron chi connectivity index (χ2n) is 5.58. The molecule has 0 aliphatic rings. The van der Waals surface area contributed by atoms with E-state index in [1.54, 1.807) is 42.3 Å². The van der Waals surface area contributed by atoms with E-state index in [1.807, 2.05) is 30.5 Å². The number of carbonyl (C=O) groups excluding carboxylic acids is 1. The van der Waals surface area contributed by atoms with Gasteiger partial charge in [0.25, 0.3) is 6.33 Å². The molecule has 1 aromatic heterocycles. The van der Waals surface area contributed by atoms with Crippen molar-refractivity contribution >= 4 is 5.78 Å². The number of hydrogen-bond acceptors (Lipinski definition) is 3. The zero-order chi connectivity index (χ0) is 16.9. The molecule has 0 amide bonds. The van der Waals surface area contributed by atoms with Crippen LogP contribution in [0, 0.1) is 6.92 Å². The van der Waals surface area contributed by atoms with E-state index in [0.717, 1.165) is 17.0 Å². The summed E-state index contributed by atoms with van der Waals surface area (Å²) in [5.41, 5.74) is 3.84. The van der Waals surface area contributed by atoms with Gasteiger partial charge < -0.3 is 21.7 Å². The monoisotopic (exact) mass is 398 g/mol. The number of aryl methyl sites for hydroxylation is 1. The highest BCUT2D eigenvalue weighted by Crippen LogP contribution is 2.19. The van der Waals surface area contributed by atoms with E-state index in [0.29, 0.717) is 5.56 Å². The molecule has 3 rings (SSSR count). The summed E-state index contributed by atoms with van der Waals surface area (Å²) in [6, 6.07) is 17.2. The van der Waals surface area contributed by atoms with E-state index in [2.05, 4.69) is 18.0 Å². The summed E-state index contributed by atoms with van der Waals surface area (Å²) < 4.78 is 6.89. The Morgan fingerprint density at radius 1 is 1.08 bits per heavy atom. The zero-order valence-corrected chi connectivity index (χ0v) is 15.7. The lowest BCUT2D eigenvalue weighted by atomic mass is 10.1. The predicted octanol–water partition coefficient (Wildman–Crippen LogP) is 0.240. The molecule has 5 heteroatoms. The smallest absolute Gasteiger partial charge is 0.287 e. The number of rotatable bonds is 5. The molecule has 0 saturated heterocycles. The molecule has 0 aliphatic heterocycles. The zero-order valence-electron chi connectivity index (χ0n) is 14.1. The average Bonchev–Trinajstić information content (AvgIpc) is 2.63. The van der Waals surface area contributed by atoms with Crippen LogP contribution in [0.1, 0.15) is 15.9 Å². The van der Waals surface area contributed by atoms with E-state index < -0.39 is 0 Å². The quantitative estimate of drug-likeness (QED) is 0.456. The minimum Gasteiger partial charge on any atom is -1.00 e. The summed E-state index contributed by atoms with van der Waals surface area (Å²) in [5.74, 6) is 0.775. The number of methoxy groups -OCH3 is 1. The largest absolute Gasteiger partial charge is 1.00 e. The van der Waals surface area contributed by atoms with Crippen LogP contribution < -0.4 is 26.3 Å². The van der Waals surface area contributed by atoms with Crippen LogP contribution in [0.25, 0.3) is 11.3 Å². The van der Waals surface area contributed by atoms with Crippen LogP contribution in [0.15, 0.2) is 67.1 Å². The molecule has 4 nitrogen and oxygen atoms in total. The lowest BCUT2D eigenvalue weighted by Gasteiger charge is -2.03. The second-order valence-corrected chi connectivity index (χ2v) is 5.58. The molecule has 0 radical (unpaired) electrons. The van der Waals surface area contributed by atoms with E-state index in [9.17, 15) is 4.79 Å². The van der Waals surface area contributed by atoms with Gasteiger partial charge in [-0.2, -0.15) is 0 Å². The first-order valence-electron chi connectivity index (χ1n) is 7.76. The minimum atomic E-state index is 0. The Kier molecular flexibility index (Phi) is 6.42. The minimum absolute atomic E-state index is 0. The van der Waals surface area contributed by atoms with E-state index >= 15 is 0 Å². The van der Waals surface area contributed by atoms with Crippen molar-refractivity contribution < 1.29 is 31.1 Å². The summed E-state index contributed by atoms with van der Waals surface area (Å²) >= 11 is 0. The second kappa shape index (κ2) is 8.53. The topological polar surface area (TPSA) is 43.1 Å². The number of carbonyl (C=O) groups is 1. The third-order valence-corrected chi connectivity index (χ3v) is 3.93. The predicted molar refractivity (Wildman–Crippen MR) is 91.9 cm³/mol. The summed E-state index contributed by atoms with van der Waals surface area (Å²) in [5, 5.41) is 0. The molecule has 0 fully saturated rings. The molecule has 0 unspecified atom stereocenters. The molecule has 0 saturated carbocycles. The fraction of sp³-hybridized carbons (Fsp3) is 0.150. The Hall–Kier alpha value is -2.53. The van der Waals surface area contributed by atoms with Crippen LogP contribution in [0.5, 0.6) is 5.75 Å². The Bertz CT molecular complexity index is 846. The van der Waals surface area contributed by atoms with Crippen molar-refractivity contribution in [1.29, 1.82) is 0 Å². The Morgan fingerprint density at radius 3 is 2.40 bits per heavy atom. The maximum Gasteiger partial charge on any atom is 0.287 e. The van der Waals surface area contributed by atoms with Gasteiger partial charge >= 0.3 is 0 Å². The third-order valence-electron chi connectivity index (χ3n) is 3.93. The van der Waals surface area contributed by atoms with Crippen LogP contribution in [0.2, 0.25) is 0 Å². The van der Waals surface area contributed by atoms with E-state index in [1.165, 1.54) is 5.56 Å². The van der Waals surface area contributed by atoms with Crippen LogP contribution in [0.3, 0.4) is 0 Å². The lowest BCUT2D eigenvalue weighted by Crippen LogP contribution is -3.00. The summed E-state index contributed by atoms with van der Waals surface area (Å²) in [6.07, 6.45) is 3.58. The SMILES string of the molecule is COc1ccc(C(=O)C[n+]2ccc(-c3ccccc3C)nc2)cc1.[Br-]. The molecule has 0 atom stereocenters. The molecular weight excluding hydrogens is 380 g/mol. The van der Waals surface area contributed by atoms with Crippen molar-refractivity contribution in [2.45, 2.75) is 13.5 Å². The van der Waals surface area contributed by atoms with Gasteiger partial charge in [0.15, 0.2) is 12.2 Å². The van der Waals surface area contributed by atoms with Gasteiger partial charge in [-0.1, -0.05) is 24.3 Å². The average molecular weight is 399 g/mol. The molecule has 0 N–H and O–H groups in total. The van der Waals surface area contributed by atoms with Gasteiger partial charge in [-0.25, -0.2) is 4.57 Å². The molecule has 128 valence electrons. The van der Waals surface area contributed by atoms with Crippen molar-refractivity contribution in [3.8, 4) is 17.0 Å². The fourth-order valence-electron chi connectivity index (χ4n) is 2.53. The molecule has 1 heterocycles. The van der Waals surface area contributed by atoms with Crippen molar-refractivity contribution in [1.82, 2.24) is 4.98 Å². The fourth-order valence-corrected chi connectivity index (χ4v) is 2.53. The van der Waals surface area contributed by atoms with Crippen molar-refractivity contribution in [2.24, 2.45) is 0 Å². The van der Waals surface area contributed by atoms with Crippen molar-refractivity contribution in [3.63, 3.8) is 0 Å². The number of ether oxygens (including phenoxy) is 1. The van der Waals surface area contributed by atoms with Gasteiger partial charge in [0, 0.05) is 17.2 Å². The van der Waals surface area contributed by atoms with Gasteiger partial charge in [0.1, 0.15) is 5.75 Å². The number of hydrogen-bond donors (Lipinski definition) is 0. The van der Waals surface area contributed by atoms with Crippen molar-refractivity contribution in [3.05, 3.63) is 78.2 Å². The Balaban J connectivity index is 0.00000225. The van der Waals surface area contributed by atoms with Crippen molar-refractivity contribution in [2.75, 3.05) is 7.11 Å². The standard InChI is InChI=1S/C20H19N2O2.BrH/c1-15-5-3-4-6-18(15)19-11-12-22(14-21-19)13-20(23)16-7-9-17(24-2)10-8-16;/h3-12,14H,13H2,1-2H3;1H/q+1;/p-1. The van der Waals surface area contributed by atoms with Crippen LogP contribution >= 0.6 is 0 Å². The first-order valence-corrected chi connectivity index (χ1v) is 7.76. The molecule has 0 bridgehead atoms. The molecule has 3 aromatic rings. The highest BCUT2D eigenvalue weighted by molar-refractivity contribution is 5.95. The number of nitrogens with zero attached hydrogens (tertiary/aromatic N) is 2. The lowest BCUT2D eigenvalue weighted by molar-refractivity contribution is -0.686. The first-order chi connectivity index (χ1) is 11.7. The number of ketones is 1. The Labute approximate surface area is 157 Å². The summed E-state index contributed by atoms with van der Waals surface area (Å²) in [4.78, 5) is 16.8. The normalized spacial score (nSPS) is 10.0. The number of benzene rings is 2. The molecular formula is C20H19BrN2O2. The maximum absolute atomic E-state index is 12.3. The summed E-state index contributed by atoms with van der Waals surface area (Å²) in [6.45, 7) is 2.32. The highest BCUT2D eigenvalue weighted by atomic mass is 79.9. The van der Waals surface area contributed by atoms with Gasteiger partial charge in [0.05, 0.1) is 13.3 Å². The van der Waals surface area contributed by atoms with Crippen LogP contribution in [-0.4, -0.2) is 17.9 Å². The van der Waals surface area contributed by atoms with Gasteiger partial charge in [-0.3, -0.25) is 4.79 Å². The number of halogens is 1. The van der Waals surface area contributed by atoms with E-state index in [-0.39, 0.29) is 29.3 Å². The van der Waals surface area contributed by atoms with Gasteiger partial charge in [-0.15, -0.1) is 0 Å². The number of Topliss-reactive ketones (excluding diaryl/α,β-unsaturated/α-hetero) is 1. The molecule has 2 aromatic carbocycles. The third kappa shape index (κ3) is 4.51. The van der Waals surface area contributed by atoms with Gasteiger partial charge in [0.2, 0.25) is 5.78 Å². The Morgan fingerprint density at radius 2 is 1.80 bits per heavy atom. The summed E-state index contributed by atoms with van der Waals surface area (Å²) in [7, 11) is 1.61. The molecule has 0 spiro atoms. The van der Waals surface area contributed by atoms with Crippen LogP contribution in [0.4, 0.5) is 0 Å². The van der Waals surface area contributed by atoms with Crippen LogP contribution in [-0.2, 0) is 6.54 Å². The number of aromatic nitrogens is 2. The maximum atomic E-state index is 12.3. The van der Waals surface area contributed by atoms with Gasteiger partial charge in [-0.05, 0) is 41.7 Å². The molecule has 0 aliphatic carbocycles. The molecule has 25 heavy (non-hydrogen) atoms.